The van der Waals surface area contributed by atoms with E-state index in [2.05, 4.69) is 57.0 Å². The second kappa shape index (κ2) is 31.1. The highest BCUT2D eigenvalue weighted by Crippen LogP contribution is 2.45. The molecule has 21 N–H and O–H groups in total. The molecular weight excluding hydrogens is 1010 g/mol. The number of carboxylic acids is 1. The first-order valence-corrected chi connectivity index (χ1v) is 25.1. The van der Waals surface area contributed by atoms with Crippen LogP contribution in [0, 0.1) is 11.8 Å². The van der Waals surface area contributed by atoms with Crippen LogP contribution in [0.1, 0.15) is 71.6 Å². The largest absolute Gasteiger partial charge is 0.567 e. The monoisotopic (exact) mass is 1080 g/mol. The lowest BCUT2D eigenvalue weighted by Crippen LogP contribution is -2.63. The number of aromatic hydroxyl groups is 1. The number of imidazole rings is 1. The molecule has 0 fully saturated rings. The van der Waals surface area contributed by atoms with Crippen molar-refractivity contribution >= 4 is 67.3 Å². The van der Waals surface area contributed by atoms with Crippen molar-refractivity contribution in [1.82, 2.24) is 52.5 Å². The number of hydrogen-bond donors (Lipinski definition) is 18. The number of unbranched alkanes of at least 4 members (excludes halogenated alkanes) is 1. The Balaban J connectivity index is 2.34. The number of benzene rings is 1. The van der Waals surface area contributed by atoms with Gasteiger partial charge in [-0.2, -0.15) is 19.2 Å². The standard InChI is InChI=1S/C44H70N13O17P/c1-21(2)34(55-39(64)28(14-24-9-11-26(59)12-10-24)52-38(63)29(16-32(47)60)51-33(61)18-49-37(62)27(46)8-6-7-13-45)41(66)56-35(22(3)4)42(67)57-36(23(5)58)43(68)54-31(19-74-75(71,72)73)40(65)53-30(44(69)70)15-25-17-48-20-50-25/h9-12,17,20-23,27-31,34-36,58,71-73H,6-8,13-16,18-19,45-46H2,1-5H3,(H12-,47,48,49,50,51,52,53,54,55,56,57,59,60,61,62,63,64,65,66,67,68,69,70)/p+1/t23-,27+,28+,29+,30+,31+,34+,35+,36+/m1/s1. The highest BCUT2D eigenvalue weighted by Gasteiger charge is 2.40. The van der Waals surface area contributed by atoms with E-state index in [0.717, 1.165) is 6.92 Å². The number of nitrogens with one attached hydrogen (secondary N) is 9. The van der Waals surface area contributed by atoms with Crippen LogP contribution in [-0.4, -0.2) is 173 Å². The molecule has 0 radical (unpaired) electrons. The summed E-state index contributed by atoms with van der Waals surface area (Å²) in [4.78, 5) is 167. The summed E-state index contributed by atoms with van der Waals surface area (Å²) >= 11 is 0. The third kappa shape index (κ3) is 23.4. The molecule has 0 saturated carbocycles. The number of carbonyl (C=O) groups is 10. The van der Waals surface area contributed by atoms with Gasteiger partial charge < -0.3 is 80.0 Å². The van der Waals surface area contributed by atoms with Crippen LogP contribution in [0.15, 0.2) is 36.8 Å². The van der Waals surface area contributed by atoms with E-state index < -0.39 is 153 Å². The molecule has 1 aromatic carbocycles. The van der Waals surface area contributed by atoms with Gasteiger partial charge in [0.05, 0.1) is 31.4 Å². The van der Waals surface area contributed by atoms with Crippen LogP contribution in [0.2, 0.25) is 0 Å². The number of phenols is 1. The number of nitrogens with zero attached hydrogens (tertiary/aromatic N) is 1. The summed E-state index contributed by atoms with van der Waals surface area (Å²) < 4.78 is 4.53. The Morgan fingerprint density at radius 2 is 1.20 bits per heavy atom. The minimum Gasteiger partial charge on any atom is -0.508 e. The Morgan fingerprint density at radius 3 is 1.71 bits per heavy atom. The fourth-order valence-electron chi connectivity index (χ4n) is 6.87. The summed E-state index contributed by atoms with van der Waals surface area (Å²) in [5, 5.41) is 48.9. The Labute approximate surface area is 431 Å². The van der Waals surface area contributed by atoms with E-state index in [-0.39, 0.29) is 30.7 Å². The summed E-state index contributed by atoms with van der Waals surface area (Å²) in [6.07, 6.45) is 0.873. The average molecular weight is 1090 g/mol. The van der Waals surface area contributed by atoms with E-state index in [0.29, 0.717) is 24.9 Å². The second-order valence-corrected chi connectivity index (χ2v) is 19.4. The molecule has 2 rings (SSSR count). The molecule has 0 aliphatic carbocycles. The maximum atomic E-state index is 14.2. The molecule has 0 saturated heterocycles. The zero-order chi connectivity index (χ0) is 56.7. The fourth-order valence-corrected chi connectivity index (χ4v) is 7.22. The molecule has 30 nitrogen and oxygen atoms in total. The van der Waals surface area contributed by atoms with Crippen molar-refractivity contribution in [3.63, 3.8) is 0 Å². The molecule has 0 unspecified atom stereocenters. The lowest BCUT2D eigenvalue weighted by Gasteiger charge is -2.30. The van der Waals surface area contributed by atoms with E-state index in [9.17, 15) is 77.9 Å². The van der Waals surface area contributed by atoms with Crippen molar-refractivity contribution in [3.8, 4) is 5.75 Å². The normalized spacial score (nSPS) is 15.1. The van der Waals surface area contributed by atoms with Crippen LogP contribution in [0.4, 0.5) is 0 Å². The minimum atomic E-state index is -5.05. The van der Waals surface area contributed by atoms with E-state index >= 15 is 0 Å². The van der Waals surface area contributed by atoms with Crippen LogP contribution in [0.5, 0.6) is 5.75 Å². The molecular formula is C44H71N13O17P+. The van der Waals surface area contributed by atoms with Gasteiger partial charge in [0.2, 0.25) is 53.2 Å². The quantitative estimate of drug-likeness (QED) is 0.0234. The lowest BCUT2D eigenvalue weighted by atomic mass is 9.98. The number of aliphatic hydroxyl groups excluding tert-OH is 1. The van der Waals surface area contributed by atoms with E-state index in [1.165, 1.54) is 64.5 Å². The van der Waals surface area contributed by atoms with Gasteiger partial charge in [0.25, 0.3) is 0 Å². The summed E-state index contributed by atoms with van der Waals surface area (Å²) in [6, 6.07) is -7.27. The number of primary amides is 1. The summed E-state index contributed by atoms with van der Waals surface area (Å²) in [7, 11) is -5.05. The smallest absolute Gasteiger partial charge is 0.508 e. The van der Waals surface area contributed by atoms with Crippen molar-refractivity contribution in [3.05, 3.63) is 48.0 Å². The van der Waals surface area contributed by atoms with Crippen LogP contribution in [0.25, 0.3) is 0 Å². The summed E-state index contributed by atoms with van der Waals surface area (Å²) in [5.41, 5.74) is 17.4. The molecule has 75 heavy (non-hydrogen) atoms. The Morgan fingerprint density at radius 1 is 0.680 bits per heavy atom. The molecule has 1 aromatic heterocycles. The minimum absolute atomic E-state index is 0.132. The fraction of sp³-hybridized carbons (Fsp3) is 0.568. The zero-order valence-corrected chi connectivity index (χ0v) is 42.9. The zero-order valence-electron chi connectivity index (χ0n) is 42.0. The molecule has 1 heterocycles. The predicted octanol–water partition coefficient (Wildman–Crippen LogP) is -5.81. The number of aromatic nitrogens is 2. The third-order valence-corrected chi connectivity index (χ3v) is 11.5. The molecule has 418 valence electrons. The van der Waals surface area contributed by atoms with Gasteiger partial charge in [-0.25, -0.2) is 9.78 Å². The van der Waals surface area contributed by atoms with Gasteiger partial charge in [-0.3, -0.25) is 43.2 Å². The van der Waals surface area contributed by atoms with E-state index in [4.69, 9.17) is 17.2 Å². The number of nitrogens with two attached hydrogens (primary N) is 3. The first-order chi connectivity index (χ1) is 35.0. The Bertz CT molecular complexity index is 2250. The van der Waals surface area contributed by atoms with Gasteiger partial charge in [-0.1, -0.05) is 46.2 Å². The molecule has 31 heteroatoms. The SMILES string of the molecule is CC(C)[C@H](NC(=O)[C@H](Cc1ccc(O)cc1)NC(=O)[C@H](CC(N)=O)NC(=O)CNC(=O)[C@@H](N)CCCCN)C(=O)N[C@H](C(=O)N[C@H](C(=O)N[C@@H](CO[P+](O)(O)O)C(=O)N[C@@H](Cc1cnc[nH]1)C(=O)O)[C@@H](C)O)C(C)C. The molecule has 9 amide bonds. The Kier molecular flexibility index (Phi) is 26.6. The van der Waals surface area contributed by atoms with Gasteiger partial charge in [-0.05, 0) is 55.8 Å². The van der Waals surface area contributed by atoms with Gasteiger partial charge in [0, 0.05) is 24.7 Å². The van der Waals surface area contributed by atoms with Crippen LogP contribution < -0.4 is 59.7 Å². The third-order valence-electron chi connectivity index (χ3n) is 11.0. The highest BCUT2D eigenvalue weighted by molar-refractivity contribution is 7.53. The van der Waals surface area contributed by atoms with Crippen LogP contribution in [0.3, 0.4) is 0 Å². The number of rotatable bonds is 33. The van der Waals surface area contributed by atoms with Crippen LogP contribution >= 0.6 is 8.17 Å². The van der Waals surface area contributed by atoms with E-state index in [1.54, 1.807) is 0 Å². The number of aliphatic hydroxyl groups is 1. The van der Waals surface area contributed by atoms with Crippen molar-refractivity contribution in [2.75, 3.05) is 19.7 Å². The van der Waals surface area contributed by atoms with Crippen molar-refractivity contribution in [1.29, 1.82) is 0 Å². The number of phenolic OH excluding ortho intramolecular Hbond substituents is 1. The molecule has 0 spiro atoms. The van der Waals surface area contributed by atoms with Gasteiger partial charge in [0.1, 0.15) is 54.6 Å². The first kappa shape index (κ1) is 64.2. The molecule has 2 aromatic rings. The number of carbonyl (C=O) groups excluding carboxylic acids is 9. The molecule has 0 bridgehead atoms. The number of H-pyrrole nitrogens is 1. The molecule has 9 atom stereocenters. The van der Waals surface area contributed by atoms with Crippen LogP contribution in [-0.2, 0) is 65.3 Å². The number of hydrogen-bond acceptors (Lipinski definition) is 19. The van der Waals surface area contributed by atoms with E-state index in [1.807, 2.05) is 0 Å². The molecule has 0 aliphatic heterocycles. The molecule has 0 aliphatic rings. The highest BCUT2D eigenvalue weighted by atomic mass is 31.2. The number of aliphatic carboxylic acids is 1. The van der Waals surface area contributed by atoms with Crippen molar-refractivity contribution in [2.24, 2.45) is 29.0 Å². The summed E-state index contributed by atoms with van der Waals surface area (Å²) in [6.45, 7) is 5.71. The maximum Gasteiger partial charge on any atom is 0.567 e. The maximum absolute atomic E-state index is 14.2. The lowest BCUT2D eigenvalue weighted by molar-refractivity contribution is -0.142. The second-order valence-electron chi connectivity index (χ2n) is 18.1. The summed E-state index contributed by atoms with van der Waals surface area (Å²) in [5.74, 6) is -12.5. The van der Waals surface area contributed by atoms with Gasteiger partial charge in [0.15, 0.2) is 0 Å². The van der Waals surface area contributed by atoms with Crippen molar-refractivity contribution in [2.45, 2.75) is 128 Å². The van der Waals surface area contributed by atoms with Gasteiger partial charge in [-0.15, -0.1) is 0 Å². The Hall–Kier alpha value is -6.92. The topological polar surface area (TPSA) is 504 Å². The first-order valence-electron chi connectivity index (χ1n) is 23.5. The van der Waals surface area contributed by atoms with Gasteiger partial charge >= 0.3 is 14.1 Å². The predicted molar refractivity (Wildman–Crippen MR) is 264 cm³/mol. The van der Waals surface area contributed by atoms with Crippen molar-refractivity contribution < 1.29 is 82.5 Å². The number of aromatic amines is 1. The average Bonchev–Trinajstić information content (AvgIpc) is 3.84. The number of amides is 9. The number of carboxylic acid groups (broad SMARTS) is 1.